The summed E-state index contributed by atoms with van der Waals surface area (Å²) in [5.74, 6) is -2.32. The van der Waals surface area contributed by atoms with E-state index in [2.05, 4.69) is 17.6 Å². The average Bonchev–Trinajstić information content (AvgIpc) is 0.802. The molecule has 3 aromatic carbocycles. The Hall–Kier alpha value is -6.80. The van der Waals surface area contributed by atoms with Gasteiger partial charge in [-0.1, -0.05) is 89.2 Å². The molecule has 550 valence electrons. The summed E-state index contributed by atoms with van der Waals surface area (Å²) in [6, 6.07) is 23.7. The highest BCUT2D eigenvalue weighted by atomic mass is 127. The summed E-state index contributed by atoms with van der Waals surface area (Å²) in [6.45, 7) is 14.0. The number of esters is 4. The Bertz CT molecular complexity index is 2880. The van der Waals surface area contributed by atoms with Crippen molar-refractivity contribution in [1.82, 2.24) is 15.5 Å². The molecular weight excluding hydrogens is 1390 g/mol. The quantitative estimate of drug-likeness (QED) is 0.0142. The van der Waals surface area contributed by atoms with Gasteiger partial charge in [-0.2, -0.15) is 0 Å². The van der Waals surface area contributed by atoms with Crippen LogP contribution in [0.4, 0.5) is 2.86 Å². The minimum absolute atomic E-state index is 0. The van der Waals surface area contributed by atoms with Crippen molar-refractivity contribution in [3.05, 3.63) is 99.1 Å². The van der Waals surface area contributed by atoms with Crippen molar-refractivity contribution in [1.29, 1.82) is 0 Å². The van der Waals surface area contributed by atoms with Crippen LogP contribution in [0.25, 0.3) is 3.56 Å². The smallest absolute Gasteiger partial charge is 0.303 e. The van der Waals surface area contributed by atoms with Crippen LogP contribution in [0.15, 0.2) is 78.9 Å². The fraction of sp³-hybridized carbons (Fsp3) is 0.629. The van der Waals surface area contributed by atoms with Crippen molar-refractivity contribution in [3.63, 3.8) is 0 Å². The number of aliphatic hydroxyl groups is 2. The largest absolute Gasteiger partial charge is 0.746 e. The number of carboxylic acid groups (broad SMARTS) is 1. The molecule has 26 nitrogen and oxygen atoms in total. The number of amides is 3. The molecule has 4 unspecified atom stereocenters. The van der Waals surface area contributed by atoms with Crippen LogP contribution in [0, 0.1) is 17.8 Å². The first kappa shape index (κ1) is 85.4. The number of aliphatic hydroxyl groups excluding tert-OH is 2. The number of unbranched alkanes of at least 4 members (excludes halogenated alkanes) is 2. The number of β-amino-alcohol motifs (C(OH)–C–C–N with tert-alkyl or cyclic N) is 1. The highest BCUT2D eigenvalue weighted by Crippen LogP contribution is 2.43. The topological polar surface area (TPSA) is 348 Å². The summed E-state index contributed by atoms with van der Waals surface area (Å²) in [5.41, 5.74) is 1.52. The van der Waals surface area contributed by atoms with Crippen LogP contribution in [0.5, 0.6) is 11.5 Å². The van der Waals surface area contributed by atoms with Gasteiger partial charge in [-0.3, -0.25) is 38.4 Å². The molecule has 3 aliphatic heterocycles. The molecule has 98 heavy (non-hydrogen) atoms. The number of carbonyl (C=O) groups is 8. The van der Waals surface area contributed by atoms with Gasteiger partial charge < -0.3 is 86.5 Å². The molecule has 0 radical (unpaired) electrons. The second kappa shape index (κ2) is 44.4. The van der Waals surface area contributed by atoms with Crippen LogP contribution in [0.1, 0.15) is 157 Å². The van der Waals surface area contributed by atoms with E-state index in [1.165, 1.54) is 54.4 Å². The van der Waals surface area contributed by atoms with Crippen molar-refractivity contribution in [2.24, 2.45) is 17.8 Å². The zero-order valence-corrected chi connectivity index (χ0v) is 59.5. The number of carboxylic acids is 1. The van der Waals surface area contributed by atoms with E-state index in [0.29, 0.717) is 43.6 Å². The molecule has 3 saturated heterocycles. The zero-order chi connectivity index (χ0) is 71.8. The Kier molecular flexibility index (Phi) is 38.7. The summed E-state index contributed by atoms with van der Waals surface area (Å²) < 4.78 is 79.9. The first-order valence-electron chi connectivity index (χ1n) is 32.7. The number of methoxy groups -OCH3 is 2. The Morgan fingerprint density at radius 1 is 0.622 bits per heavy atom. The van der Waals surface area contributed by atoms with Gasteiger partial charge in [0.1, 0.15) is 54.7 Å². The number of nitrogens with one attached hydrogen (secondary N) is 2. The summed E-state index contributed by atoms with van der Waals surface area (Å²) >= 11 is -1.91. The molecule has 5 N–H and O–H groups in total. The van der Waals surface area contributed by atoms with Crippen LogP contribution in [-0.2, 0) is 86.6 Å². The predicted octanol–water partition coefficient (Wildman–Crippen LogP) is 8.93. The number of hydrogen-bond acceptors (Lipinski definition) is 21. The van der Waals surface area contributed by atoms with Gasteiger partial charge in [0.2, 0.25) is 17.7 Å². The van der Waals surface area contributed by atoms with Crippen molar-refractivity contribution in [3.8, 4) is 11.5 Å². The number of benzene rings is 3. The maximum absolute atomic E-state index is 13.8. The fourth-order valence-electron chi connectivity index (χ4n) is 12.2. The molecular formula is C70H103FIN4O22-. The maximum Gasteiger partial charge on any atom is 0.303 e. The third-order valence-electron chi connectivity index (χ3n) is 17.0. The normalized spacial score (nSPS) is 24.7. The van der Waals surface area contributed by atoms with Gasteiger partial charge in [-0.15, -0.1) is 0 Å². The Morgan fingerprint density at radius 3 is 1.43 bits per heavy atom. The highest BCUT2D eigenvalue weighted by Gasteiger charge is 2.49. The van der Waals surface area contributed by atoms with E-state index in [9.17, 15) is 46.3 Å². The van der Waals surface area contributed by atoms with E-state index in [-0.39, 0.29) is 89.6 Å². The molecule has 7 rings (SSSR count). The second-order valence-corrected chi connectivity index (χ2v) is 24.6. The van der Waals surface area contributed by atoms with E-state index < -0.39 is 124 Å². The van der Waals surface area contributed by atoms with Crippen molar-refractivity contribution < 1.29 is 109 Å². The number of hydrogen-bond donors (Lipinski definition) is 5. The molecule has 1 saturated carbocycles. The maximum atomic E-state index is 13.8. The number of nitrogens with zero attached hydrogens (tertiary/aromatic N) is 2. The van der Waals surface area contributed by atoms with E-state index in [0.717, 1.165) is 35.4 Å². The lowest BCUT2D eigenvalue weighted by atomic mass is 9.80. The van der Waals surface area contributed by atoms with E-state index >= 15 is 0 Å². The molecule has 3 heterocycles. The standard InChI is InChI=1S/C44H56N2O12.C18H29NO9.C7H14O.CH4.FIN/c1-28-41(45-29(2)47)43(58-39(27-55-30(3)48)42(28)57-31(4)49)54-23-11-10-14-40(51)46-25-36(50)24-35(46)26-56-44(32-12-8-7-9-13-32,33-15-19-37(52-5)20-16-33)34-17-21-38(53-6)22-18-34;1-10-16(19-11(2)20)18(25-8-6-5-7-15(23)24)28-14(9-26-12(3)21)17(10)27-13(4)22;1-2-6-3-4-7(8)5-6;;1-2-3/h7-9,12-13,15-22,28,35-36,39,41-43,50H,10-11,14,23-27H2,1-6H3,(H,45,47);10,14,16-18H,5-9H2,1-4H3,(H,19,20)(H,23,24);6-8H,2-5H2,1H3;1H4;/q;;;;-1/t28-,35+,36-,39?,41?,42-,43-;10-,14?,16?,17-,18-;6-,7-;;/m110../s1. The molecule has 3 amide bonds. The van der Waals surface area contributed by atoms with Crippen LogP contribution in [-0.4, -0.2) is 189 Å². The van der Waals surface area contributed by atoms with Gasteiger partial charge in [0.25, 0.3) is 0 Å². The van der Waals surface area contributed by atoms with Crippen molar-refractivity contribution in [2.75, 3.05) is 53.8 Å². The van der Waals surface area contributed by atoms with E-state index in [4.69, 9.17) is 65.9 Å². The third kappa shape index (κ3) is 27.7. The lowest BCUT2D eigenvalue weighted by molar-refractivity contribution is -0.262. The van der Waals surface area contributed by atoms with Crippen LogP contribution in [0.3, 0.4) is 0 Å². The number of ether oxygens (including phenoxy) is 11. The zero-order valence-electron chi connectivity index (χ0n) is 57.4. The first-order valence-corrected chi connectivity index (χ1v) is 34.4. The molecule has 0 spiro atoms. The van der Waals surface area contributed by atoms with E-state index in [1.807, 2.05) is 78.9 Å². The molecule has 4 aliphatic rings. The first-order chi connectivity index (χ1) is 46.2. The van der Waals surface area contributed by atoms with Gasteiger partial charge in [-0.25, -0.2) is 2.86 Å². The number of rotatable bonds is 29. The molecule has 0 aromatic heterocycles. The molecule has 14 atom stereocenters. The molecule has 28 heteroatoms. The predicted molar refractivity (Wildman–Crippen MR) is 366 cm³/mol. The minimum Gasteiger partial charge on any atom is -0.746 e. The summed E-state index contributed by atoms with van der Waals surface area (Å²) in [6.07, 6.45) is 1.46. The molecule has 4 fully saturated rings. The van der Waals surface area contributed by atoms with Crippen LogP contribution >= 0.6 is 21.6 Å². The van der Waals surface area contributed by atoms with Crippen molar-refractivity contribution >= 4 is 69.2 Å². The van der Waals surface area contributed by atoms with Gasteiger partial charge in [0.05, 0.1) is 51.2 Å². The number of carbonyl (C=O) groups excluding carboxylic acids is 7. The number of halogens is 2. The molecule has 1 aliphatic carbocycles. The summed E-state index contributed by atoms with van der Waals surface area (Å²) in [4.78, 5) is 96.0. The average molecular weight is 1500 g/mol. The van der Waals surface area contributed by atoms with Gasteiger partial charge in [0, 0.05) is 86.0 Å². The highest BCUT2D eigenvalue weighted by molar-refractivity contribution is 14.1. The summed E-state index contributed by atoms with van der Waals surface area (Å²) in [7, 11) is 3.23. The van der Waals surface area contributed by atoms with Crippen LogP contribution in [0.2, 0.25) is 0 Å². The lowest BCUT2D eigenvalue weighted by Crippen LogP contribution is -2.62. The van der Waals surface area contributed by atoms with Crippen molar-refractivity contribution in [2.45, 2.75) is 213 Å². The van der Waals surface area contributed by atoms with Crippen LogP contribution < -0.4 is 20.1 Å². The minimum atomic E-state index is -1.91. The molecule has 0 bridgehead atoms. The van der Waals surface area contributed by atoms with Gasteiger partial charge >= 0.3 is 29.8 Å². The Morgan fingerprint density at radius 2 is 1.06 bits per heavy atom. The van der Waals surface area contributed by atoms with Gasteiger partial charge in [0.15, 0.2) is 12.6 Å². The van der Waals surface area contributed by atoms with E-state index in [1.54, 1.807) is 33.0 Å². The Balaban J connectivity index is 0.000000515. The number of aliphatic carboxylic acids is 1. The second-order valence-electron chi connectivity index (χ2n) is 24.3. The summed E-state index contributed by atoms with van der Waals surface area (Å²) in [5, 5.41) is 34.1. The molecule has 3 aromatic rings. The van der Waals surface area contributed by atoms with Gasteiger partial charge in [-0.05, 0) is 120 Å². The SMILES string of the molecule is C.CC(=O)NC1[C@H](OCCCCC(=O)O)OC(COC(C)=O)[C@H](OC(C)=O)[C@@H]1C.CC[C@H]1CC[C@H](O)C1.COc1ccc(C(OC[C@@H]2C[C@@H](O)CN2C(=O)CCCCO[C@@H]2OC(COC(C)=O)[C@H](OC(C)=O)[C@H](C)C2NC(C)=O)(c2ccccc2)c2ccc(OC)cc2)cc1.[N-]=IF. The lowest BCUT2D eigenvalue weighted by Gasteiger charge is -2.44. The fourth-order valence-corrected chi connectivity index (χ4v) is 12.2. The Labute approximate surface area is 586 Å². The monoisotopic (exact) mass is 1500 g/mol. The third-order valence-corrected chi connectivity index (χ3v) is 17.0. The number of likely N-dealkylation sites (tertiary alicyclic amines) is 1.